The molecule has 0 unspecified atom stereocenters. The van der Waals surface area contributed by atoms with Gasteiger partial charge in [-0.3, -0.25) is 0 Å². The second-order valence-corrected chi connectivity index (χ2v) is 5.46. The topological polar surface area (TPSA) is 57.2 Å². The van der Waals surface area contributed by atoms with Gasteiger partial charge in [-0.2, -0.15) is 0 Å². The van der Waals surface area contributed by atoms with Crippen molar-refractivity contribution in [2.45, 2.75) is 26.1 Å². The van der Waals surface area contributed by atoms with Crippen molar-refractivity contribution in [3.05, 3.63) is 47.5 Å². The van der Waals surface area contributed by atoms with Crippen LogP contribution in [-0.4, -0.2) is 25.3 Å². The van der Waals surface area contributed by atoms with Gasteiger partial charge in [-0.15, -0.1) is 0 Å². The first kappa shape index (κ1) is 15.5. The summed E-state index contributed by atoms with van der Waals surface area (Å²) in [6.45, 7) is 3.85. The highest BCUT2D eigenvalue weighted by Gasteiger charge is 2.22. The molecule has 0 spiro atoms. The van der Waals surface area contributed by atoms with Crippen LogP contribution in [0.25, 0.3) is 0 Å². The maximum Gasteiger partial charge on any atom is 0.231 e. The molecule has 1 aliphatic heterocycles. The van der Waals surface area contributed by atoms with E-state index < -0.39 is 6.29 Å². The Bertz CT molecular complexity index is 679. The van der Waals surface area contributed by atoms with Crippen molar-refractivity contribution >= 4 is 0 Å². The summed E-state index contributed by atoms with van der Waals surface area (Å²) in [6, 6.07) is 11.6. The number of hydrogen-bond donors (Lipinski definition) is 1. The summed E-state index contributed by atoms with van der Waals surface area (Å²) < 4.78 is 21.6. The van der Waals surface area contributed by atoms with Gasteiger partial charge in [0.15, 0.2) is 17.8 Å². The molecule has 0 saturated heterocycles. The van der Waals surface area contributed by atoms with Crippen LogP contribution in [0.2, 0.25) is 0 Å². The number of ether oxygens (including phenoxy) is 4. The number of rotatable bonds is 5. The number of benzene rings is 2. The van der Waals surface area contributed by atoms with Crippen molar-refractivity contribution in [2.24, 2.45) is 0 Å². The van der Waals surface area contributed by atoms with Gasteiger partial charge in [0.1, 0.15) is 11.5 Å². The van der Waals surface area contributed by atoms with E-state index in [1.807, 2.05) is 30.3 Å². The monoisotopic (exact) mass is 316 g/mol. The summed E-state index contributed by atoms with van der Waals surface area (Å²) in [6.07, 6.45) is -0.905. The van der Waals surface area contributed by atoms with Gasteiger partial charge >= 0.3 is 0 Å². The quantitative estimate of drug-likeness (QED) is 0.858. The Kier molecular flexibility index (Phi) is 4.30. The molecule has 3 rings (SSSR count). The van der Waals surface area contributed by atoms with E-state index in [0.29, 0.717) is 17.2 Å². The molecular formula is C18H20O5. The van der Waals surface area contributed by atoms with Crippen molar-refractivity contribution in [2.75, 3.05) is 13.9 Å². The molecule has 0 amide bonds. The van der Waals surface area contributed by atoms with E-state index in [0.717, 1.165) is 16.9 Å². The fraction of sp³-hybridized carbons (Fsp3) is 0.333. The molecule has 2 aromatic carbocycles. The SMILES string of the molecule is COc1ccc([C@@H](C)c2cc3c(cc2O[C@@H](C)O)OCO3)cc1. The van der Waals surface area contributed by atoms with E-state index in [-0.39, 0.29) is 12.7 Å². The molecule has 0 saturated carbocycles. The molecule has 2 aromatic rings. The first-order chi connectivity index (χ1) is 11.1. The lowest BCUT2D eigenvalue weighted by Crippen LogP contribution is -2.12. The lowest BCUT2D eigenvalue weighted by molar-refractivity contribution is -0.00118. The van der Waals surface area contributed by atoms with Crippen LogP contribution in [0.3, 0.4) is 0 Å². The number of aliphatic hydroxyl groups is 1. The van der Waals surface area contributed by atoms with Crippen molar-refractivity contribution in [3.63, 3.8) is 0 Å². The first-order valence-corrected chi connectivity index (χ1v) is 7.50. The Morgan fingerprint density at radius 2 is 1.70 bits per heavy atom. The zero-order chi connectivity index (χ0) is 16.4. The minimum atomic E-state index is -0.905. The molecule has 5 nitrogen and oxygen atoms in total. The highest BCUT2D eigenvalue weighted by Crippen LogP contribution is 2.42. The van der Waals surface area contributed by atoms with Crippen molar-refractivity contribution in [1.29, 1.82) is 0 Å². The van der Waals surface area contributed by atoms with E-state index in [4.69, 9.17) is 18.9 Å². The minimum Gasteiger partial charge on any atom is -0.497 e. The molecule has 1 heterocycles. The average molecular weight is 316 g/mol. The minimum absolute atomic E-state index is 0.0594. The van der Waals surface area contributed by atoms with Crippen LogP contribution in [0.1, 0.15) is 30.9 Å². The van der Waals surface area contributed by atoms with Crippen LogP contribution in [0.15, 0.2) is 36.4 Å². The Labute approximate surface area is 135 Å². The van der Waals surface area contributed by atoms with Gasteiger partial charge in [0.2, 0.25) is 6.79 Å². The Morgan fingerprint density at radius 3 is 2.30 bits per heavy atom. The standard InChI is InChI=1S/C18H20O5/c1-11(13-4-6-14(20-3)7-5-13)15-8-17-18(22-10-21-17)9-16(15)23-12(2)19/h4-9,11-12,19H,10H2,1-3H3/t11-,12+/m1/s1. The Hall–Kier alpha value is -2.40. The van der Waals surface area contributed by atoms with Gasteiger partial charge in [-0.1, -0.05) is 19.1 Å². The highest BCUT2D eigenvalue weighted by atomic mass is 16.7. The summed E-state index contributed by atoms with van der Waals surface area (Å²) in [5.41, 5.74) is 2.04. The van der Waals surface area contributed by atoms with E-state index in [1.165, 1.54) is 0 Å². The van der Waals surface area contributed by atoms with Crippen LogP contribution in [-0.2, 0) is 0 Å². The van der Waals surface area contributed by atoms with Crippen molar-refractivity contribution < 1.29 is 24.1 Å². The van der Waals surface area contributed by atoms with E-state index in [2.05, 4.69) is 6.92 Å². The molecule has 0 fully saturated rings. The third-order valence-corrected chi connectivity index (χ3v) is 3.88. The summed E-state index contributed by atoms with van der Waals surface area (Å²) in [4.78, 5) is 0. The Morgan fingerprint density at radius 1 is 1.04 bits per heavy atom. The van der Waals surface area contributed by atoms with Crippen LogP contribution >= 0.6 is 0 Å². The molecule has 2 atom stereocenters. The Balaban J connectivity index is 1.98. The van der Waals surface area contributed by atoms with Gasteiger partial charge in [-0.25, -0.2) is 0 Å². The second-order valence-electron chi connectivity index (χ2n) is 5.46. The zero-order valence-corrected chi connectivity index (χ0v) is 13.4. The van der Waals surface area contributed by atoms with Gasteiger partial charge < -0.3 is 24.1 Å². The molecule has 0 aromatic heterocycles. The van der Waals surface area contributed by atoms with Crippen LogP contribution in [0, 0.1) is 0 Å². The summed E-state index contributed by atoms with van der Waals surface area (Å²) in [5, 5.41) is 9.59. The number of aliphatic hydroxyl groups excluding tert-OH is 1. The fourth-order valence-electron chi connectivity index (χ4n) is 2.64. The molecule has 5 heteroatoms. The molecular weight excluding hydrogens is 296 g/mol. The lowest BCUT2D eigenvalue weighted by Gasteiger charge is -2.19. The maximum atomic E-state index is 9.59. The van der Waals surface area contributed by atoms with Crippen LogP contribution in [0.5, 0.6) is 23.0 Å². The lowest BCUT2D eigenvalue weighted by atomic mass is 9.92. The number of methoxy groups -OCH3 is 1. The zero-order valence-electron chi connectivity index (χ0n) is 13.4. The molecule has 1 N–H and O–H groups in total. The predicted molar refractivity (Wildman–Crippen MR) is 85.4 cm³/mol. The van der Waals surface area contributed by atoms with Crippen molar-refractivity contribution in [3.8, 4) is 23.0 Å². The molecule has 1 aliphatic rings. The largest absolute Gasteiger partial charge is 0.497 e. The van der Waals surface area contributed by atoms with Crippen molar-refractivity contribution in [1.82, 2.24) is 0 Å². The molecule has 23 heavy (non-hydrogen) atoms. The number of hydrogen-bond acceptors (Lipinski definition) is 5. The smallest absolute Gasteiger partial charge is 0.231 e. The molecule has 122 valence electrons. The predicted octanol–water partition coefficient (Wildman–Crippen LogP) is 3.29. The van der Waals surface area contributed by atoms with Gasteiger partial charge in [-0.05, 0) is 30.7 Å². The maximum absolute atomic E-state index is 9.59. The third kappa shape index (κ3) is 3.19. The first-order valence-electron chi connectivity index (χ1n) is 7.50. The molecule has 0 aliphatic carbocycles. The fourth-order valence-corrected chi connectivity index (χ4v) is 2.64. The highest BCUT2D eigenvalue weighted by molar-refractivity contribution is 5.54. The normalized spacial score (nSPS) is 15.1. The molecule has 0 radical (unpaired) electrons. The van der Waals surface area contributed by atoms with E-state index in [9.17, 15) is 5.11 Å². The summed E-state index contributed by atoms with van der Waals surface area (Å²) >= 11 is 0. The second kappa shape index (κ2) is 6.38. The average Bonchev–Trinajstić information content (AvgIpc) is 3.00. The summed E-state index contributed by atoms with van der Waals surface area (Å²) in [7, 11) is 1.64. The number of fused-ring (bicyclic) bond motifs is 1. The molecule has 0 bridgehead atoms. The third-order valence-electron chi connectivity index (χ3n) is 3.88. The van der Waals surface area contributed by atoms with Crippen LogP contribution in [0.4, 0.5) is 0 Å². The van der Waals surface area contributed by atoms with Gasteiger partial charge in [0.05, 0.1) is 7.11 Å². The van der Waals surface area contributed by atoms with E-state index in [1.54, 1.807) is 20.1 Å². The van der Waals surface area contributed by atoms with Gasteiger partial charge in [0.25, 0.3) is 0 Å². The van der Waals surface area contributed by atoms with E-state index >= 15 is 0 Å². The summed E-state index contributed by atoms with van der Waals surface area (Å²) in [5.74, 6) is 2.79. The van der Waals surface area contributed by atoms with Gasteiger partial charge in [0, 0.05) is 17.5 Å². The van der Waals surface area contributed by atoms with Crippen LogP contribution < -0.4 is 18.9 Å².